The van der Waals surface area contributed by atoms with Crippen molar-refractivity contribution in [3.05, 3.63) is 29.8 Å². The monoisotopic (exact) mass is 191 g/mol. The molecule has 2 nitrogen and oxygen atoms in total. The van der Waals surface area contributed by atoms with Crippen LogP contribution in [0.15, 0.2) is 24.3 Å². The van der Waals surface area contributed by atoms with Crippen molar-refractivity contribution in [1.29, 1.82) is 0 Å². The van der Waals surface area contributed by atoms with Gasteiger partial charge in [-0.15, -0.1) is 0 Å². The average molecular weight is 191 g/mol. The van der Waals surface area contributed by atoms with E-state index in [2.05, 4.69) is 19.9 Å². The van der Waals surface area contributed by atoms with Gasteiger partial charge in [-0.05, 0) is 32.8 Å². The van der Waals surface area contributed by atoms with Crippen LogP contribution in [0.4, 0.5) is 0 Å². The van der Waals surface area contributed by atoms with Gasteiger partial charge in [0.2, 0.25) is 0 Å². The van der Waals surface area contributed by atoms with Gasteiger partial charge in [0.15, 0.2) is 0 Å². The Morgan fingerprint density at radius 3 is 2.86 bits per heavy atom. The maximum atomic E-state index is 6.09. The van der Waals surface area contributed by atoms with E-state index < -0.39 is 0 Å². The van der Waals surface area contributed by atoms with E-state index >= 15 is 0 Å². The Kier molecular flexibility index (Phi) is 2.23. The van der Waals surface area contributed by atoms with Gasteiger partial charge in [0, 0.05) is 11.6 Å². The highest BCUT2D eigenvalue weighted by molar-refractivity contribution is 5.37. The van der Waals surface area contributed by atoms with E-state index in [1.165, 1.54) is 0 Å². The van der Waals surface area contributed by atoms with E-state index in [0.29, 0.717) is 0 Å². The number of para-hydroxylation sites is 1. The molecule has 1 aliphatic rings. The second kappa shape index (κ2) is 3.28. The predicted octanol–water partition coefficient (Wildman–Crippen LogP) is 2.64. The molecule has 0 spiro atoms. The molecular formula is C12H17NO. The first-order chi connectivity index (χ1) is 6.58. The normalized spacial score (nSPS) is 24.6. The van der Waals surface area contributed by atoms with Crippen LogP contribution in [0, 0.1) is 0 Å². The molecule has 1 aromatic rings. The summed E-state index contributed by atoms with van der Waals surface area (Å²) in [6.45, 7) is 4.23. The molecule has 1 heterocycles. The number of benzene rings is 1. The maximum absolute atomic E-state index is 6.09. The molecule has 76 valence electrons. The van der Waals surface area contributed by atoms with Crippen molar-refractivity contribution in [2.24, 2.45) is 5.73 Å². The second-order valence-corrected chi connectivity index (χ2v) is 4.54. The Balaban J connectivity index is 2.41. The Bertz CT molecular complexity index is 333. The van der Waals surface area contributed by atoms with Crippen LogP contribution >= 0.6 is 0 Å². The zero-order valence-electron chi connectivity index (χ0n) is 8.79. The lowest BCUT2D eigenvalue weighted by atomic mass is 9.98. The third-order valence-corrected chi connectivity index (χ3v) is 2.76. The molecule has 0 amide bonds. The van der Waals surface area contributed by atoms with Crippen molar-refractivity contribution >= 4 is 0 Å². The largest absolute Gasteiger partial charge is 0.488 e. The number of hydrogen-bond acceptors (Lipinski definition) is 2. The molecule has 1 aromatic carbocycles. The van der Waals surface area contributed by atoms with Crippen LogP contribution in [0.1, 0.15) is 38.3 Å². The Morgan fingerprint density at radius 1 is 1.36 bits per heavy atom. The van der Waals surface area contributed by atoms with Gasteiger partial charge in [-0.25, -0.2) is 0 Å². The highest BCUT2D eigenvalue weighted by Crippen LogP contribution is 2.35. The number of fused-ring (bicyclic) bond motifs is 1. The van der Waals surface area contributed by atoms with Gasteiger partial charge in [-0.1, -0.05) is 18.2 Å². The van der Waals surface area contributed by atoms with Gasteiger partial charge >= 0.3 is 0 Å². The highest BCUT2D eigenvalue weighted by Gasteiger charge is 2.27. The van der Waals surface area contributed by atoms with Crippen molar-refractivity contribution in [2.75, 3.05) is 0 Å². The minimum atomic E-state index is -0.0930. The van der Waals surface area contributed by atoms with Crippen molar-refractivity contribution in [3.63, 3.8) is 0 Å². The van der Waals surface area contributed by atoms with E-state index in [4.69, 9.17) is 10.5 Å². The second-order valence-electron chi connectivity index (χ2n) is 4.54. The molecule has 0 fully saturated rings. The number of hydrogen-bond donors (Lipinski definition) is 1. The summed E-state index contributed by atoms with van der Waals surface area (Å²) in [6, 6.07) is 8.18. The molecule has 1 unspecified atom stereocenters. The summed E-state index contributed by atoms with van der Waals surface area (Å²) < 4.78 is 5.93. The van der Waals surface area contributed by atoms with E-state index in [1.807, 2.05) is 18.2 Å². The van der Waals surface area contributed by atoms with Crippen LogP contribution in [-0.2, 0) is 0 Å². The van der Waals surface area contributed by atoms with Crippen molar-refractivity contribution in [3.8, 4) is 5.75 Å². The van der Waals surface area contributed by atoms with Crippen LogP contribution in [0.2, 0.25) is 0 Å². The molecule has 1 aliphatic heterocycles. The number of nitrogens with two attached hydrogens (primary N) is 1. The summed E-state index contributed by atoms with van der Waals surface area (Å²) in [6.07, 6.45) is 1.99. The Hall–Kier alpha value is -1.02. The van der Waals surface area contributed by atoms with Crippen LogP contribution in [0.25, 0.3) is 0 Å². The zero-order valence-corrected chi connectivity index (χ0v) is 8.79. The molecule has 0 radical (unpaired) electrons. The first-order valence-electron chi connectivity index (χ1n) is 5.12. The summed E-state index contributed by atoms with van der Waals surface area (Å²) in [5.41, 5.74) is 7.13. The van der Waals surface area contributed by atoms with E-state index in [0.717, 1.165) is 24.2 Å². The maximum Gasteiger partial charge on any atom is 0.124 e. The molecule has 0 aliphatic carbocycles. The van der Waals surface area contributed by atoms with Gasteiger partial charge < -0.3 is 10.5 Å². The third-order valence-electron chi connectivity index (χ3n) is 2.76. The van der Waals surface area contributed by atoms with Gasteiger partial charge in [0.25, 0.3) is 0 Å². The summed E-state index contributed by atoms with van der Waals surface area (Å²) in [7, 11) is 0. The summed E-state index contributed by atoms with van der Waals surface area (Å²) in [4.78, 5) is 0. The fourth-order valence-electron chi connectivity index (χ4n) is 1.89. The van der Waals surface area contributed by atoms with Crippen LogP contribution in [-0.4, -0.2) is 5.60 Å². The molecule has 1 atom stereocenters. The lowest BCUT2D eigenvalue weighted by Crippen LogP contribution is -2.27. The van der Waals surface area contributed by atoms with E-state index in [-0.39, 0.29) is 11.6 Å². The van der Waals surface area contributed by atoms with Gasteiger partial charge in [0.05, 0.1) is 0 Å². The number of ether oxygens (including phenoxy) is 1. The molecule has 2 N–H and O–H groups in total. The zero-order chi connectivity index (χ0) is 10.2. The standard InChI is InChI=1S/C12H17NO/c1-12(2)8-7-10(13)9-5-3-4-6-11(9)14-12/h3-6,10H,7-8,13H2,1-2H3. The smallest absolute Gasteiger partial charge is 0.124 e. The SMILES string of the molecule is CC1(C)CCC(N)c2ccccc2O1. The molecule has 2 rings (SSSR count). The van der Waals surface area contributed by atoms with Crippen molar-refractivity contribution in [1.82, 2.24) is 0 Å². The third kappa shape index (κ3) is 1.75. The van der Waals surface area contributed by atoms with Crippen molar-refractivity contribution < 1.29 is 4.74 Å². The van der Waals surface area contributed by atoms with Crippen molar-refractivity contribution in [2.45, 2.75) is 38.3 Å². The van der Waals surface area contributed by atoms with Gasteiger partial charge in [0.1, 0.15) is 11.4 Å². The van der Waals surface area contributed by atoms with Crippen LogP contribution in [0.3, 0.4) is 0 Å². The molecule has 2 heteroatoms. The Morgan fingerprint density at radius 2 is 2.07 bits per heavy atom. The lowest BCUT2D eigenvalue weighted by molar-refractivity contribution is 0.103. The van der Waals surface area contributed by atoms with E-state index in [9.17, 15) is 0 Å². The molecule has 0 saturated heterocycles. The quantitative estimate of drug-likeness (QED) is 0.684. The highest BCUT2D eigenvalue weighted by atomic mass is 16.5. The predicted molar refractivity (Wildman–Crippen MR) is 57.3 cm³/mol. The van der Waals surface area contributed by atoms with Crippen LogP contribution in [0.5, 0.6) is 5.75 Å². The fraction of sp³-hybridized carbons (Fsp3) is 0.500. The minimum absolute atomic E-state index is 0.0930. The summed E-state index contributed by atoms with van der Waals surface area (Å²) in [5, 5.41) is 0. The molecular weight excluding hydrogens is 174 g/mol. The van der Waals surface area contributed by atoms with E-state index in [1.54, 1.807) is 0 Å². The minimum Gasteiger partial charge on any atom is -0.488 e. The summed E-state index contributed by atoms with van der Waals surface area (Å²) in [5.74, 6) is 0.947. The van der Waals surface area contributed by atoms with Gasteiger partial charge in [-0.2, -0.15) is 0 Å². The van der Waals surface area contributed by atoms with Gasteiger partial charge in [-0.3, -0.25) is 0 Å². The molecule has 14 heavy (non-hydrogen) atoms. The number of rotatable bonds is 0. The Labute approximate surface area is 85.1 Å². The first kappa shape index (κ1) is 9.53. The lowest BCUT2D eigenvalue weighted by Gasteiger charge is -2.24. The first-order valence-corrected chi connectivity index (χ1v) is 5.12. The molecule has 0 saturated carbocycles. The topological polar surface area (TPSA) is 35.2 Å². The summed E-state index contributed by atoms with van der Waals surface area (Å²) >= 11 is 0. The molecule has 0 aromatic heterocycles. The average Bonchev–Trinajstić information content (AvgIpc) is 2.25. The van der Waals surface area contributed by atoms with Crippen LogP contribution < -0.4 is 10.5 Å². The fourth-order valence-corrected chi connectivity index (χ4v) is 1.89. The molecule has 0 bridgehead atoms.